The summed E-state index contributed by atoms with van der Waals surface area (Å²) in [5.74, 6) is -1.14. The maximum Gasteiger partial charge on any atom is 0.331 e. The van der Waals surface area contributed by atoms with Crippen LogP contribution in [0.1, 0.15) is 6.42 Å². The van der Waals surface area contributed by atoms with Gasteiger partial charge in [-0.05, 0) is 0 Å². The second kappa shape index (κ2) is 1.81. The van der Waals surface area contributed by atoms with Crippen molar-refractivity contribution in [2.24, 2.45) is 10.2 Å². The number of rotatable bonds is 0. The van der Waals surface area contributed by atoms with Crippen molar-refractivity contribution in [3.05, 3.63) is 0 Å². The molecule has 0 saturated carbocycles. The predicted octanol–water partition coefficient (Wildman–Crippen LogP) is -0.0620. The lowest BCUT2D eigenvalue weighted by Gasteiger charge is -1.94. The van der Waals surface area contributed by atoms with Gasteiger partial charge in [-0.15, -0.1) is 5.11 Å². The lowest BCUT2D eigenvalue weighted by molar-refractivity contribution is -0.136. The van der Waals surface area contributed by atoms with Gasteiger partial charge >= 0.3 is 5.91 Å². The van der Waals surface area contributed by atoms with Gasteiger partial charge in [0, 0.05) is 6.42 Å². The minimum Gasteiger partial charge on any atom is -0.288 e. The van der Waals surface area contributed by atoms with Crippen LogP contribution >= 0.6 is 0 Å². The van der Waals surface area contributed by atoms with Crippen LogP contribution < -0.4 is 0 Å². The first-order chi connectivity index (χ1) is 3.80. The molecule has 0 saturated heterocycles. The molecule has 42 valence electrons. The molecule has 1 heterocycles. The molecule has 0 radical (unpaired) electrons. The van der Waals surface area contributed by atoms with Crippen molar-refractivity contribution in [3.63, 3.8) is 0 Å². The number of ketones is 1. The third kappa shape index (κ3) is 0.776. The molecule has 4 nitrogen and oxygen atoms in total. The van der Waals surface area contributed by atoms with Crippen molar-refractivity contribution >= 4 is 11.7 Å². The molecule has 0 spiro atoms. The van der Waals surface area contributed by atoms with Crippen molar-refractivity contribution in [2.75, 3.05) is 6.54 Å². The number of amides is 1. The van der Waals surface area contributed by atoms with E-state index in [1.54, 1.807) is 0 Å². The number of hydrogen-bond donors (Lipinski definition) is 0. The molecule has 0 N–H and O–H groups in total. The average Bonchev–Trinajstić information content (AvgIpc) is 1.77. The first-order valence-corrected chi connectivity index (χ1v) is 2.25. The maximum atomic E-state index is 10.3. The number of carbonyl (C=O) groups is 2. The molecule has 1 rings (SSSR count). The van der Waals surface area contributed by atoms with Gasteiger partial charge in [0.15, 0.2) is 0 Å². The van der Waals surface area contributed by atoms with Crippen molar-refractivity contribution in [1.29, 1.82) is 0 Å². The minimum atomic E-state index is -0.712. The summed E-state index contributed by atoms with van der Waals surface area (Å²) < 4.78 is 0. The summed E-state index contributed by atoms with van der Waals surface area (Å²) in [6, 6.07) is 0. The molecule has 8 heavy (non-hydrogen) atoms. The van der Waals surface area contributed by atoms with E-state index < -0.39 is 11.7 Å². The summed E-state index contributed by atoms with van der Waals surface area (Å²) in [7, 11) is 0. The molecule has 4 heteroatoms. The Hall–Kier alpha value is -1.06. The second-order valence-corrected chi connectivity index (χ2v) is 1.44. The summed E-state index contributed by atoms with van der Waals surface area (Å²) in [6.07, 6.45) is 0.225. The Morgan fingerprint density at radius 1 is 1.38 bits per heavy atom. The van der Waals surface area contributed by atoms with Crippen LogP contribution in [-0.4, -0.2) is 18.2 Å². The van der Waals surface area contributed by atoms with Gasteiger partial charge in [0.25, 0.3) is 0 Å². The van der Waals surface area contributed by atoms with E-state index >= 15 is 0 Å². The van der Waals surface area contributed by atoms with Crippen LogP contribution in [0, 0.1) is 0 Å². The molecule has 0 aromatic heterocycles. The first kappa shape index (κ1) is 5.08. The summed E-state index contributed by atoms with van der Waals surface area (Å²) in [4.78, 5) is 20.5. The summed E-state index contributed by atoms with van der Waals surface area (Å²) in [5, 5.41) is 6.41. The Balaban J connectivity index is 2.75. The second-order valence-electron chi connectivity index (χ2n) is 1.44. The molecule has 1 amide bonds. The van der Waals surface area contributed by atoms with Gasteiger partial charge < -0.3 is 0 Å². The Kier molecular flexibility index (Phi) is 1.15. The van der Waals surface area contributed by atoms with E-state index in [4.69, 9.17) is 0 Å². The Morgan fingerprint density at radius 2 is 2.12 bits per heavy atom. The number of Topliss-reactive ketones (excluding diaryl/α,β-unsaturated/α-hetero) is 1. The molecule has 0 bridgehead atoms. The van der Waals surface area contributed by atoms with Crippen molar-refractivity contribution in [1.82, 2.24) is 0 Å². The molecule has 0 unspecified atom stereocenters. The standard InChI is InChI=1S/C4H4N2O2/c7-3-1-2-5-6-4(3)8/h1-2H2. The van der Waals surface area contributed by atoms with Crippen LogP contribution in [0.2, 0.25) is 0 Å². The average molecular weight is 112 g/mol. The van der Waals surface area contributed by atoms with E-state index in [-0.39, 0.29) is 6.42 Å². The molecular weight excluding hydrogens is 108 g/mol. The monoisotopic (exact) mass is 112 g/mol. The lowest BCUT2D eigenvalue weighted by atomic mass is 10.2. The van der Waals surface area contributed by atoms with E-state index in [9.17, 15) is 9.59 Å². The van der Waals surface area contributed by atoms with E-state index in [2.05, 4.69) is 10.2 Å². The normalized spacial score (nSPS) is 19.5. The zero-order chi connectivity index (χ0) is 5.98. The van der Waals surface area contributed by atoms with Gasteiger partial charge in [0.2, 0.25) is 5.78 Å². The Bertz CT molecular complexity index is 161. The molecule has 0 aromatic rings. The van der Waals surface area contributed by atoms with Crippen molar-refractivity contribution < 1.29 is 9.59 Å². The van der Waals surface area contributed by atoms with Crippen LogP contribution in [0.3, 0.4) is 0 Å². The Labute approximate surface area is 45.6 Å². The minimum absolute atomic E-state index is 0.225. The molecule has 0 aliphatic carbocycles. The van der Waals surface area contributed by atoms with Crippen molar-refractivity contribution in [2.45, 2.75) is 6.42 Å². The highest BCUT2D eigenvalue weighted by Gasteiger charge is 2.15. The highest BCUT2D eigenvalue weighted by molar-refractivity contribution is 6.36. The molecule has 0 aromatic carbocycles. The van der Waals surface area contributed by atoms with E-state index in [1.807, 2.05) is 0 Å². The third-order valence-electron chi connectivity index (χ3n) is 0.839. The molecule has 1 aliphatic heterocycles. The zero-order valence-electron chi connectivity index (χ0n) is 4.13. The maximum absolute atomic E-state index is 10.3. The highest BCUT2D eigenvalue weighted by atomic mass is 16.2. The molecular formula is C4H4N2O2. The topological polar surface area (TPSA) is 58.9 Å². The van der Waals surface area contributed by atoms with Crippen LogP contribution in [-0.2, 0) is 9.59 Å². The van der Waals surface area contributed by atoms with Gasteiger partial charge in [-0.1, -0.05) is 0 Å². The third-order valence-corrected chi connectivity index (χ3v) is 0.839. The molecule has 0 atom stereocenters. The lowest BCUT2D eigenvalue weighted by Crippen LogP contribution is -2.15. The van der Waals surface area contributed by atoms with Gasteiger partial charge in [-0.25, -0.2) is 0 Å². The van der Waals surface area contributed by atoms with Gasteiger partial charge in [-0.2, -0.15) is 5.11 Å². The fourth-order valence-corrected chi connectivity index (χ4v) is 0.428. The van der Waals surface area contributed by atoms with E-state index in [0.717, 1.165) is 0 Å². The van der Waals surface area contributed by atoms with Gasteiger partial charge in [-0.3, -0.25) is 9.59 Å². The van der Waals surface area contributed by atoms with Crippen LogP contribution in [0.4, 0.5) is 0 Å². The van der Waals surface area contributed by atoms with Gasteiger partial charge in [0.1, 0.15) is 0 Å². The zero-order valence-corrected chi connectivity index (χ0v) is 4.13. The van der Waals surface area contributed by atoms with Crippen LogP contribution in [0.15, 0.2) is 10.2 Å². The number of nitrogens with zero attached hydrogens (tertiary/aromatic N) is 2. The molecule has 0 fully saturated rings. The fraction of sp³-hybridized carbons (Fsp3) is 0.500. The van der Waals surface area contributed by atoms with Crippen LogP contribution in [0.25, 0.3) is 0 Å². The fourth-order valence-electron chi connectivity index (χ4n) is 0.428. The smallest absolute Gasteiger partial charge is 0.288 e. The first-order valence-electron chi connectivity index (χ1n) is 2.25. The Morgan fingerprint density at radius 3 is 2.50 bits per heavy atom. The summed E-state index contributed by atoms with van der Waals surface area (Å²) in [5.41, 5.74) is 0. The summed E-state index contributed by atoms with van der Waals surface area (Å²) in [6.45, 7) is 0.366. The SMILES string of the molecule is O=C1CCN=NC1=O. The van der Waals surface area contributed by atoms with Gasteiger partial charge in [0.05, 0.1) is 6.54 Å². The van der Waals surface area contributed by atoms with E-state index in [1.165, 1.54) is 0 Å². The van der Waals surface area contributed by atoms with E-state index in [0.29, 0.717) is 6.54 Å². The number of carbonyl (C=O) groups excluding carboxylic acids is 2. The summed E-state index contributed by atoms with van der Waals surface area (Å²) >= 11 is 0. The van der Waals surface area contributed by atoms with Crippen molar-refractivity contribution in [3.8, 4) is 0 Å². The quantitative estimate of drug-likeness (QED) is 0.412. The predicted molar refractivity (Wildman–Crippen MR) is 24.4 cm³/mol. The highest BCUT2D eigenvalue weighted by Crippen LogP contribution is 1.95. The number of hydrogen-bond acceptors (Lipinski definition) is 3. The molecule has 1 aliphatic rings. The number of azo groups is 1. The van der Waals surface area contributed by atoms with Crippen LogP contribution in [0.5, 0.6) is 0 Å². The largest absolute Gasteiger partial charge is 0.331 e.